The van der Waals surface area contributed by atoms with E-state index in [0.29, 0.717) is 29.6 Å². The SMILES string of the molecule is CCC(C)C(C)(O)CNCc1cc(Cl)c(OC)c(OC)c1. The highest BCUT2D eigenvalue weighted by molar-refractivity contribution is 6.32. The maximum absolute atomic E-state index is 10.4. The van der Waals surface area contributed by atoms with Crippen LogP contribution in [0.15, 0.2) is 12.1 Å². The number of methoxy groups -OCH3 is 2. The molecule has 0 fully saturated rings. The van der Waals surface area contributed by atoms with Gasteiger partial charge in [-0.2, -0.15) is 0 Å². The molecule has 0 aliphatic rings. The average molecular weight is 316 g/mol. The fourth-order valence-electron chi connectivity index (χ4n) is 2.15. The van der Waals surface area contributed by atoms with E-state index in [2.05, 4.69) is 19.2 Å². The first-order chi connectivity index (χ1) is 9.85. The molecule has 2 atom stereocenters. The molecular formula is C16H26ClNO3. The minimum Gasteiger partial charge on any atom is -0.493 e. The van der Waals surface area contributed by atoms with Crippen molar-refractivity contribution in [1.82, 2.24) is 5.32 Å². The number of hydrogen-bond acceptors (Lipinski definition) is 4. The molecule has 1 rings (SSSR count). The smallest absolute Gasteiger partial charge is 0.179 e. The van der Waals surface area contributed by atoms with Crippen molar-refractivity contribution in [3.8, 4) is 11.5 Å². The minimum absolute atomic E-state index is 0.235. The first-order valence-corrected chi connectivity index (χ1v) is 7.57. The number of rotatable bonds is 8. The first kappa shape index (κ1) is 18.1. The van der Waals surface area contributed by atoms with Crippen LogP contribution in [0.25, 0.3) is 0 Å². The summed E-state index contributed by atoms with van der Waals surface area (Å²) in [6.07, 6.45) is 0.941. The third kappa shape index (κ3) is 4.77. The lowest BCUT2D eigenvalue weighted by atomic mass is 9.88. The van der Waals surface area contributed by atoms with Gasteiger partial charge in [-0.1, -0.05) is 31.9 Å². The van der Waals surface area contributed by atoms with Crippen molar-refractivity contribution in [1.29, 1.82) is 0 Å². The molecule has 2 unspecified atom stereocenters. The van der Waals surface area contributed by atoms with Gasteiger partial charge in [-0.05, 0) is 30.5 Å². The van der Waals surface area contributed by atoms with Crippen LogP contribution in [0, 0.1) is 5.92 Å². The number of hydrogen-bond donors (Lipinski definition) is 2. The average Bonchev–Trinajstić information content (AvgIpc) is 2.45. The highest BCUT2D eigenvalue weighted by Crippen LogP contribution is 2.36. The van der Waals surface area contributed by atoms with E-state index in [1.807, 2.05) is 19.1 Å². The van der Waals surface area contributed by atoms with Gasteiger partial charge in [0, 0.05) is 13.1 Å². The largest absolute Gasteiger partial charge is 0.493 e. The summed E-state index contributed by atoms with van der Waals surface area (Å²) < 4.78 is 10.5. The van der Waals surface area contributed by atoms with Crippen LogP contribution in [-0.4, -0.2) is 31.5 Å². The zero-order valence-electron chi connectivity index (χ0n) is 13.5. The lowest BCUT2D eigenvalue weighted by molar-refractivity contribution is 0.00534. The Hall–Kier alpha value is -0.970. The molecular weight excluding hydrogens is 290 g/mol. The number of ether oxygens (including phenoxy) is 2. The summed E-state index contributed by atoms with van der Waals surface area (Å²) in [5.41, 5.74) is 0.257. The van der Waals surface area contributed by atoms with Gasteiger partial charge in [0.1, 0.15) is 0 Å². The predicted octanol–water partition coefficient (Wildman–Crippen LogP) is 3.24. The molecule has 0 heterocycles. The Labute approximate surface area is 132 Å². The third-order valence-corrected chi connectivity index (χ3v) is 4.26. The first-order valence-electron chi connectivity index (χ1n) is 7.19. The summed E-state index contributed by atoms with van der Waals surface area (Å²) in [5, 5.41) is 14.1. The topological polar surface area (TPSA) is 50.7 Å². The van der Waals surface area contributed by atoms with Gasteiger partial charge < -0.3 is 19.9 Å². The van der Waals surface area contributed by atoms with Crippen LogP contribution in [-0.2, 0) is 6.54 Å². The van der Waals surface area contributed by atoms with Gasteiger partial charge in [-0.25, -0.2) is 0 Å². The Morgan fingerprint density at radius 1 is 1.33 bits per heavy atom. The van der Waals surface area contributed by atoms with Crippen LogP contribution in [0.5, 0.6) is 11.5 Å². The Morgan fingerprint density at radius 2 is 2.00 bits per heavy atom. The van der Waals surface area contributed by atoms with Crippen molar-refractivity contribution < 1.29 is 14.6 Å². The van der Waals surface area contributed by atoms with Crippen molar-refractivity contribution >= 4 is 11.6 Å². The molecule has 120 valence electrons. The van der Waals surface area contributed by atoms with Gasteiger partial charge in [-0.3, -0.25) is 0 Å². The Balaban J connectivity index is 2.70. The Kier molecular flexibility index (Phi) is 6.78. The molecule has 0 spiro atoms. The van der Waals surface area contributed by atoms with E-state index in [1.54, 1.807) is 14.2 Å². The minimum atomic E-state index is -0.727. The third-order valence-electron chi connectivity index (χ3n) is 3.98. The number of halogens is 1. The van der Waals surface area contributed by atoms with E-state index in [9.17, 15) is 5.11 Å². The van der Waals surface area contributed by atoms with Crippen LogP contribution in [0.2, 0.25) is 5.02 Å². The molecule has 1 aromatic carbocycles. The van der Waals surface area contributed by atoms with E-state index < -0.39 is 5.60 Å². The van der Waals surface area contributed by atoms with Gasteiger partial charge in [0.25, 0.3) is 0 Å². The molecule has 4 nitrogen and oxygen atoms in total. The molecule has 0 aliphatic heterocycles. The van der Waals surface area contributed by atoms with E-state index in [0.717, 1.165) is 12.0 Å². The molecule has 0 radical (unpaired) electrons. The van der Waals surface area contributed by atoms with Crippen molar-refractivity contribution in [2.24, 2.45) is 5.92 Å². The lowest BCUT2D eigenvalue weighted by Crippen LogP contribution is -2.42. The number of benzene rings is 1. The van der Waals surface area contributed by atoms with Crippen molar-refractivity contribution in [2.75, 3.05) is 20.8 Å². The lowest BCUT2D eigenvalue weighted by Gasteiger charge is -2.30. The zero-order chi connectivity index (χ0) is 16.0. The molecule has 0 bridgehead atoms. The highest BCUT2D eigenvalue weighted by atomic mass is 35.5. The van der Waals surface area contributed by atoms with Crippen LogP contribution in [0.3, 0.4) is 0 Å². The van der Waals surface area contributed by atoms with E-state index >= 15 is 0 Å². The zero-order valence-corrected chi connectivity index (χ0v) is 14.3. The molecule has 0 aliphatic carbocycles. The Morgan fingerprint density at radius 3 is 2.52 bits per heavy atom. The Bertz CT molecular complexity index is 463. The predicted molar refractivity (Wildman–Crippen MR) is 86.3 cm³/mol. The van der Waals surface area contributed by atoms with E-state index in [1.165, 1.54) is 0 Å². The summed E-state index contributed by atoms with van der Waals surface area (Å²) in [5.74, 6) is 1.38. The molecule has 0 amide bonds. The van der Waals surface area contributed by atoms with Crippen LogP contribution in [0.1, 0.15) is 32.8 Å². The molecule has 0 saturated heterocycles. The van der Waals surface area contributed by atoms with E-state index in [-0.39, 0.29) is 5.92 Å². The molecule has 0 saturated carbocycles. The standard InChI is InChI=1S/C16H26ClNO3/c1-6-11(2)16(3,19)10-18-9-12-7-13(17)15(21-5)14(8-12)20-4/h7-8,11,18-19H,6,9-10H2,1-5H3. The van der Waals surface area contributed by atoms with Gasteiger partial charge in [0.2, 0.25) is 0 Å². The van der Waals surface area contributed by atoms with Crippen LogP contribution >= 0.6 is 11.6 Å². The fourth-order valence-corrected chi connectivity index (χ4v) is 2.46. The highest BCUT2D eigenvalue weighted by Gasteiger charge is 2.26. The number of nitrogens with one attached hydrogen (secondary N) is 1. The maximum Gasteiger partial charge on any atom is 0.179 e. The van der Waals surface area contributed by atoms with E-state index in [4.69, 9.17) is 21.1 Å². The molecule has 2 N–H and O–H groups in total. The van der Waals surface area contributed by atoms with Crippen molar-refractivity contribution in [3.63, 3.8) is 0 Å². The van der Waals surface area contributed by atoms with Crippen molar-refractivity contribution in [2.45, 2.75) is 39.3 Å². The second-order valence-electron chi connectivity index (χ2n) is 5.58. The second kappa shape index (κ2) is 7.87. The summed E-state index contributed by atoms with van der Waals surface area (Å²) in [7, 11) is 3.14. The number of aliphatic hydroxyl groups is 1. The summed E-state index contributed by atoms with van der Waals surface area (Å²) in [6, 6.07) is 3.73. The monoisotopic (exact) mass is 315 g/mol. The fraction of sp³-hybridized carbons (Fsp3) is 0.625. The van der Waals surface area contributed by atoms with Crippen LogP contribution < -0.4 is 14.8 Å². The summed E-state index contributed by atoms with van der Waals surface area (Å²) in [4.78, 5) is 0. The molecule has 1 aromatic rings. The van der Waals surface area contributed by atoms with Crippen LogP contribution in [0.4, 0.5) is 0 Å². The molecule has 0 aromatic heterocycles. The van der Waals surface area contributed by atoms with Gasteiger partial charge in [0.15, 0.2) is 11.5 Å². The quantitative estimate of drug-likeness (QED) is 0.773. The maximum atomic E-state index is 10.4. The van der Waals surface area contributed by atoms with Gasteiger partial charge in [-0.15, -0.1) is 0 Å². The molecule has 5 heteroatoms. The molecule has 21 heavy (non-hydrogen) atoms. The summed E-state index contributed by atoms with van der Waals surface area (Å²) >= 11 is 6.17. The second-order valence-corrected chi connectivity index (χ2v) is 5.99. The van der Waals surface area contributed by atoms with Gasteiger partial charge in [0.05, 0.1) is 24.8 Å². The van der Waals surface area contributed by atoms with Gasteiger partial charge >= 0.3 is 0 Å². The normalized spacial score (nSPS) is 15.4. The van der Waals surface area contributed by atoms with Crippen molar-refractivity contribution in [3.05, 3.63) is 22.7 Å². The summed E-state index contributed by atoms with van der Waals surface area (Å²) in [6.45, 7) is 7.11.